The van der Waals surface area contributed by atoms with Crippen molar-refractivity contribution in [3.05, 3.63) is 88.6 Å². The molecule has 1 N–H and O–H groups in total. The number of pyridine rings is 1. The fourth-order valence-electron chi connectivity index (χ4n) is 2.30. The standard InChI is InChI=1S/C20H17ClN2O2/c1-14-6-4-11-19(22-14)23-20(24)15-8-5-9-17(12-15)25-13-16-7-2-3-10-18(16)21/h2-12H,13H2,1H3,(H,22,23,24). The minimum atomic E-state index is -0.235. The van der Waals surface area contributed by atoms with E-state index in [0.717, 1.165) is 11.3 Å². The van der Waals surface area contributed by atoms with E-state index in [-0.39, 0.29) is 5.91 Å². The van der Waals surface area contributed by atoms with Crippen LogP contribution in [0.25, 0.3) is 0 Å². The summed E-state index contributed by atoms with van der Waals surface area (Å²) in [6, 6.07) is 20.0. The van der Waals surface area contributed by atoms with Crippen LogP contribution in [0.2, 0.25) is 5.02 Å². The number of carbonyl (C=O) groups excluding carboxylic acids is 1. The van der Waals surface area contributed by atoms with Gasteiger partial charge in [0.1, 0.15) is 18.2 Å². The summed E-state index contributed by atoms with van der Waals surface area (Å²) in [5.74, 6) is 0.887. The van der Waals surface area contributed by atoms with Crippen molar-refractivity contribution in [2.45, 2.75) is 13.5 Å². The number of benzene rings is 2. The molecule has 1 heterocycles. The van der Waals surface area contributed by atoms with Gasteiger partial charge in [0.2, 0.25) is 0 Å². The first kappa shape index (κ1) is 17.0. The maximum Gasteiger partial charge on any atom is 0.256 e. The Hall–Kier alpha value is -2.85. The van der Waals surface area contributed by atoms with E-state index in [1.165, 1.54) is 0 Å². The number of anilines is 1. The largest absolute Gasteiger partial charge is 0.489 e. The molecule has 0 saturated heterocycles. The van der Waals surface area contributed by atoms with Crippen LogP contribution in [0.5, 0.6) is 5.75 Å². The summed E-state index contributed by atoms with van der Waals surface area (Å²) in [5, 5.41) is 3.44. The van der Waals surface area contributed by atoms with Crippen LogP contribution in [0, 0.1) is 6.92 Å². The Morgan fingerprint density at radius 3 is 2.68 bits per heavy atom. The van der Waals surface area contributed by atoms with Crippen LogP contribution >= 0.6 is 11.6 Å². The van der Waals surface area contributed by atoms with Gasteiger partial charge in [0.05, 0.1) is 0 Å². The number of halogens is 1. The fraction of sp³-hybridized carbons (Fsp3) is 0.100. The van der Waals surface area contributed by atoms with E-state index in [1.54, 1.807) is 30.3 Å². The van der Waals surface area contributed by atoms with Crippen molar-refractivity contribution in [1.82, 2.24) is 4.98 Å². The zero-order valence-electron chi connectivity index (χ0n) is 13.7. The number of carbonyl (C=O) groups is 1. The van der Waals surface area contributed by atoms with Crippen LogP contribution in [0.3, 0.4) is 0 Å². The molecule has 0 aliphatic rings. The quantitative estimate of drug-likeness (QED) is 0.712. The number of aryl methyl sites for hydroxylation is 1. The smallest absolute Gasteiger partial charge is 0.256 e. The lowest BCUT2D eigenvalue weighted by atomic mass is 10.2. The maximum absolute atomic E-state index is 12.4. The van der Waals surface area contributed by atoms with Gasteiger partial charge in [-0.3, -0.25) is 4.79 Å². The lowest BCUT2D eigenvalue weighted by molar-refractivity contribution is 0.102. The molecule has 0 atom stereocenters. The van der Waals surface area contributed by atoms with Crippen LogP contribution in [0.4, 0.5) is 5.82 Å². The summed E-state index contributed by atoms with van der Waals surface area (Å²) in [4.78, 5) is 16.6. The van der Waals surface area contributed by atoms with E-state index in [9.17, 15) is 4.79 Å². The summed E-state index contributed by atoms with van der Waals surface area (Å²) in [7, 11) is 0. The van der Waals surface area contributed by atoms with Crippen molar-refractivity contribution < 1.29 is 9.53 Å². The Kier molecular flexibility index (Phi) is 5.31. The van der Waals surface area contributed by atoms with E-state index >= 15 is 0 Å². The van der Waals surface area contributed by atoms with Gasteiger partial charge in [0, 0.05) is 21.8 Å². The molecule has 0 unspecified atom stereocenters. The molecule has 2 aromatic carbocycles. The molecule has 0 bridgehead atoms. The minimum Gasteiger partial charge on any atom is -0.489 e. The van der Waals surface area contributed by atoms with Crippen LogP contribution in [-0.4, -0.2) is 10.9 Å². The second-order valence-corrected chi connectivity index (χ2v) is 5.93. The highest BCUT2D eigenvalue weighted by atomic mass is 35.5. The zero-order valence-corrected chi connectivity index (χ0v) is 14.5. The number of nitrogens with one attached hydrogen (secondary N) is 1. The Labute approximate surface area is 151 Å². The van der Waals surface area contributed by atoms with Gasteiger partial charge in [-0.2, -0.15) is 0 Å². The van der Waals surface area contributed by atoms with Crippen molar-refractivity contribution in [2.75, 3.05) is 5.32 Å². The molecule has 0 spiro atoms. The normalized spacial score (nSPS) is 10.3. The van der Waals surface area contributed by atoms with Gasteiger partial charge < -0.3 is 10.1 Å². The third kappa shape index (κ3) is 4.58. The summed E-state index contributed by atoms with van der Waals surface area (Å²) in [6.07, 6.45) is 0. The number of hydrogen-bond donors (Lipinski definition) is 1. The van der Waals surface area contributed by atoms with Crippen molar-refractivity contribution in [3.63, 3.8) is 0 Å². The fourth-order valence-corrected chi connectivity index (χ4v) is 2.50. The molecule has 0 saturated carbocycles. The predicted molar refractivity (Wildman–Crippen MR) is 99.2 cm³/mol. The molecule has 25 heavy (non-hydrogen) atoms. The highest BCUT2D eigenvalue weighted by Gasteiger charge is 2.09. The third-order valence-corrected chi connectivity index (χ3v) is 3.95. The van der Waals surface area contributed by atoms with Gasteiger partial charge in [-0.25, -0.2) is 4.98 Å². The molecule has 3 rings (SSSR count). The maximum atomic E-state index is 12.4. The molecule has 0 fully saturated rings. The lowest BCUT2D eigenvalue weighted by Crippen LogP contribution is -2.13. The molecule has 0 aliphatic heterocycles. The van der Waals surface area contributed by atoms with Crippen molar-refractivity contribution in [2.24, 2.45) is 0 Å². The van der Waals surface area contributed by atoms with Crippen LogP contribution in [0.1, 0.15) is 21.6 Å². The highest BCUT2D eigenvalue weighted by molar-refractivity contribution is 6.31. The number of nitrogens with zero attached hydrogens (tertiary/aromatic N) is 1. The van der Waals surface area contributed by atoms with E-state index in [2.05, 4.69) is 10.3 Å². The van der Waals surface area contributed by atoms with E-state index in [4.69, 9.17) is 16.3 Å². The molecule has 4 nitrogen and oxygen atoms in total. The molecule has 0 aliphatic carbocycles. The zero-order chi connectivity index (χ0) is 17.6. The predicted octanol–water partition coefficient (Wildman–Crippen LogP) is 4.87. The monoisotopic (exact) mass is 352 g/mol. The van der Waals surface area contributed by atoms with E-state index in [0.29, 0.717) is 28.8 Å². The molecule has 126 valence electrons. The Bertz CT molecular complexity index is 896. The average Bonchev–Trinajstić information content (AvgIpc) is 2.61. The first-order chi connectivity index (χ1) is 12.1. The Morgan fingerprint density at radius 1 is 1.08 bits per heavy atom. The molecule has 1 aromatic heterocycles. The van der Waals surface area contributed by atoms with Crippen LogP contribution in [0.15, 0.2) is 66.7 Å². The number of aromatic nitrogens is 1. The Balaban J connectivity index is 1.68. The van der Waals surface area contributed by atoms with Crippen LogP contribution < -0.4 is 10.1 Å². The average molecular weight is 353 g/mol. The second kappa shape index (κ2) is 7.81. The molecule has 1 amide bonds. The summed E-state index contributed by atoms with van der Waals surface area (Å²) < 4.78 is 5.75. The van der Waals surface area contributed by atoms with E-state index in [1.807, 2.05) is 43.3 Å². The number of amides is 1. The summed E-state index contributed by atoms with van der Waals surface area (Å²) >= 11 is 6.12. The molecule has 0 radical (unpaired) electrons. The van der Waals surface area contributed by atoms with Gasteiger partial charge in [-0.15, -0.1) is 0 Å². The van der Waals surface area contributed by atoms with E-state index < -0.39 is 0 Å². The van der Waals surface area contributed by atoms with Crippen molar-refractivity contribution in [3.8, 4) is 5.75 Å². The summed E-state index contributed by atoms with van der Waals surface area (Å²) in [6.45, 7) is 2.21. The van der Waals surface area contributed by atoms with Gasteiger partial charge >= 0.3 is 0 Å². The molecule has 3 aromatic rings. The van der Waals surface area contributed by atoms with Gasteiger partial charge in [-0.05, 0) is 43.3 Å². The molecular weight excluding hydrogens is 336 g/mol. The molecule has 5 heteroatoms. The SMILES string of the molecule is Cc1cccc(NC(=O)c2cccc(OCc3ccccc3Cl)c2)n1. The second-order valence-electron chi connectivity index (χ2n) is 5.53. The summed E-state index contributed by atoms with van der Waals surface area (Å²) in [5.41, 5.74) is 2.23. The van der Waals surface area contributed by atoms with Crippen molar-refractivity contribution >= 4 is 23.3 Å². The van der Waals surface area contributed by atoms with Crippen LogP contribution in [-0.2, 0) is 6.61 Å². The topological polar surface area (TPSA) is 51.2 Å². The number of hydrogen-bond acceptors (Lipinski definition) is 3. The lowest BCUT2D eigenvalue weighted by Gasteiger charge is -2.09. The highest BCUT2D eigenvalue weighted by Crippen LogP contribution is 2.20. The third-order valence-electron chi connectivity index (χ3n) is 3.58. The minimum absolute atomic E-state index is 0.235. The first-order valence-electron chi connectivity index (χ1n) is 7.83. The number of ether oxygens (including phenoxy) is 1. The van der Waals surface area contributed by atoms with Gasteiger partial charge in [-0.1, -0.05) is 41.9 Å². The van der Waals surface area contributed by atoms with Gasteiger partial charge in [0.15, 0.2) is 0 Å². The van der Waals surface area contributed by atoms with Crippen molar-refractivity contribution in [1.29, 1.82) is 0 Å². The van der Waals surface area contributed by atoms with Gasteiger partial charge in [0.25, 0.3) is 5.91 Å². The molecular formula is C20H17ClN2O2. The first-order valence-corrected chi connectivity index (χ1v) is 8.21. The Morgan fingerprint density at radius 2 is 1.88 bits per heavy atom. The number of rotatable bonds is 5.